The maximum absolute atomic E-state index is 12.5. The minimum absolute atomic E-state index is 0.0867. The lowest BCUT2D eigenvalue weighted by atomic mass is 10.1. The number of halogens is 4. The van der Waals surface area contributed by atoms with E-state index in [0.717, 1.165) is 12.1 Å². The number of aliphatic hydroxyl groups excluding tert-OH is 1. The van der Waals surface area contributed by atoms with Crippen molar-refractivity contribution in [1.29, 1.82) is 0 Å². The fraction of sp³-hybridized carbons (Fsp3) is 0.455. The molecule has 6 heteroatoms. The van der Waals surface area contributed by atoms with Crippen LogP contribution in [0, 0.1) is 0 Å². The molecule has 1 atom stereocenters. The molecule has 17 heavy (non-hydrogen) atoms. The van der Waals surface area contributed by atoms with Crippen LogP contribution in [0.3, 0.4) is 0 Å². The molecule has 0 amide bonds. The van der Waals surface area contributed by atoms with E-state index in [4.69, 9.17) is 16.7 Å². The van der Waals surface area contributed by atoms with Gasteiger partial charge < -0.3 is 10.4 Å². The summed E-state index contributed by atoms with van der Waals surface area (Å²) in [6.45, 7) is 1.82. The summed E-state index contributed by atoms with van der Waals surface area (Å²) in [6.07, 6.45) is -4.37. The molecule has 0 spiro atoms. The van der Waals surface area contributed by atoms with E-state index in [1.807, 2.05) is 0 Å². The highest BCUT2D eigenvalue weighted by atomic mass is 35.5. The number of rotatable bonds is 4. The predicted octanol–water partition coefficient (Wildman–Crippen LogP) is 2.83. The quantitative estimate of drug-likeness (QED) is 0.879. The Morgan fingerprint density at radius 1 is 1.41 bits per heavy atom. The van der Waals surface area contributed by atoms with E-state index in [0.29, 0.717) is 5.56 Å². The highest BCUT2D eigenvalue weighted by Gasteiger charge is 2.30. The zero-order valence-electron chi connectivity index (χ0n) is 9.18. The molecule has 1 rings (SSSR count). The Balaban J connectivity index is 2.84. The molecule has 0 fully saturated rings. The van der Waals surface area contributed by atoms with Crippen molar-refractivity contribution in [1.82, 2.24) is 5.32 Å². The molecule has 2 nitrogen and oxygen atoms in total. The van der Waals surface area contributed by atoms with Crippen LogP contribution in [0.25, 0.3) is 0 Å². The number of alkyl halides is 3. The third kappa shape index (κ3) is 4.18. The van der Waals surface area contributed by atoms with Gasteiger partial charge in [0, 0.05) is 17.6 Å². The van der Waals surface area contributed by atoms with Crippen LogP contribution in [-0.2, 0) is 12.7 Å². The Kier molecular flexibility index (Phi) is 4.80. The van der Waals surface area contributed by atoms with Gasteiger partial charge in [-0.3, -0.25) is 0 Å². The largest absolute Gasteiger partial charge is 0.416 e. The number of hydrogen-bond donors (Lipinski definition) is 2. The molecule has 0 bridgehead atoms. The Bertz CT molecular complexity index is 381. The molecular weight excluding hydrogens is 255 g/mol. The molecule has 0 saturated heterocycles. The van der Waals surface area contributed by atoms with Crippen molar-refractivity contribution in [3.63, 3.8) is 0 Å². The Morgan fingerprint density at radius 3 is 2.59 bits per heavy atom. The van der Waals surface area contributed by atoms with E-state index < -0.39 is 11.7 Å². The summed E-state index contributed by atoms with van der Waals surface area (Å²) in [4.78, 5) is 0. The summed E-state index contributed by atoms with van der Waals surface area (Å²) in [5.74, 6) is 0. The molecule has 0 radical (unpaired) electrons. The summed E-state index contributed by atoms with van der Waals surface area (Å²) in [7, 11) is 0. The molecule has 0 aromatic heterocycles. The molecular formula is C11H13ClF3NO. The predicted molar refractivity (Wildman–Crippen MR) is 59.8 cm³/mol. The van der Waals surface area contributed by atoms with Gasteiger partial charge in [-0.25, -0.2) is 0 Å². The van der Waals surface area contributed by atoms with Crippen LogP contribution in [0.5, 0.6) is 0 Å². The molecule has 2 N–H and O–H groups in total. The Morgan fingerprint density at radius 2 is 2.06 bits per heavy atom. The monoisotopic (exact) mass is 267 g/mol. The Labute approximate surface area is 102 Å². The number of hydrogen-bond acceptors (Lipinski definition) is 2. The van der Waals surface area contributed by atoms with Crippen molar-refractivity contribution in [3.05, 3.63) is 34.3 Å². The molecule has 0 aliphatic carbocycles. The van der Waals surface area contributed by atoms with E-state index in [9.17, 15) is 13.2 Å². The minimum Gasteiger partial charge on any atom is -0.395 e. The van der Waals surface area contributed by atoms with Gasteiger partial charge in [0.15, 0.2) is 0 Å². The summed E-state index contributed by atoms with van der Waals surface area (Å²) in [5.41, 5.74) is -0.364. The van der Waals surface area contributed by atoms with Crippen molar-refractivity contribution in [2.45, 2.75) is 25.7 Å². The van der Waals surface area contributed by atoms with Crippen molar-refractivity contribution in [3.8, 4) is 0 Å². The maximum atomic E-state index is 12.5. The SMILES string of the molecule is CC(CO)NCc1cc(C(F)(F)F)ccc1Cl. The van der Waals surface area contributed by atoms with Gasteiger partial charge in [-0.05, 0) is 30.7 Å². The highest BCUT2D eigenvalue weighted by molar-refractivity contribution is 6.31. The van der Waals surface area contributed by atoms with Crippen molar-refractivity contribution in [2.24, 2.45) is 0 Å². The van der Waals surface area contributed by atoms with E-state index in [1.165, 1.54) is 6.07 Å². The van der Waals surface area contributed by atoms with Crippen LogP contribution in [0.2, 0.25) is 5.02 Å². The van der Waals surface area contributed by atoms with Gasteiger partial charge in [0.2, 0.25) is 0 Å². The van der Waals surface area contributed by atoms with Crippen LogP contribution in [-0.4, -0.2) is 17.8 Å². The lowest BCUT2D eigenvalue weighted by Crippen LogP contribution is -2.28. The van der Waals surface area contributed by atoms with Gasteiger partial charge in [-0.15, -0.1) is 0 Å². The molecule has 1 aromatic rings. The van der Waals surface area contributed by atoms with E-state index in [2.05, 4.69) is 5.32 Å². The van der Waals surface area contributed by atoms with Crippen LogP contribution in [0.15, 0.2) is 18.2 Å². The van der Waals surface area contributed by atoms with Crippen LogP contribution in [0.4, 0.5) is 13.2 Å². The molecule has 0 aliphatic heterocycles. The van der Waals surface area contributed by atoms with Gasteiger partial charge >= 0.3 is 6.18 Å². The average molecular weight is 268 g/mol. The number of nitrogens with one attached hydrogen (secondary N) is 1. The van der Waals surface area contributed by atoms with Crippen molar-refractivity contribution < 1.29 is 18.3 Å². The normalized spacial score (nSPS) is 13.8. The Hall–Kier alpha value is -0.780. The second-order valence-electron chi connectivity index (χ2n) is 3.77. The fourth-order valence-corrected chi connectivity index (χ4v) is 1.42. The first-order valence-corrected chi connectivity index (χ1v) is 5.42. The summed E-state index contributed by atoms with van der Waals surface area (Å²) in [6, 6.07) is 2.99. The second-order valence-corrected chi connectivity index (χ2v) is 4.18. The van der Waals surface area contributed by atoms with Crippen molar-refractivity contribution in [2.75, 3.05) is 6.61 Å². The second kappa shape index (κ2) is 5.71. The first kappa shape index (κ1) is 14.3. The van der Waals surface area contributed by atoms with Crippen LogP contribution >= 0.6 is 11.6 Å². The van der Waals surface area contributed by atoms with Gasteiger partial charge in [0.1, 0.15) is 0 Å². The summed E-state index contributed by atoms with van der Waals surface area (Å²) in [5, 5.41) is 11.9. The van der Waals surface area contributed by atoms with E-state index >= 15 is 0 Å². The molecule has 0 heterocycles. The molecule has 1 unspecified atom stereocenters. The van der Waals surface area contributed by atoms with Gasteiger partial charge in [-0.2, -0.15) is 13.2 Å². The first-order valence-electron chi connectivity index (χ1n) is 5.04. The summed E-state index contributed by atoms with van der Waals surface area (Å²) >= 11 is 5.80. The molecule has 0 aliphatic rings. The zero-order valence-corrected chi connectivity index (χ0v) is 9.94. The standard InChI is InChI=1S/C11H13ClF3NO/c1-7(6-17)16-5-8-4-9(11(13,14)15)2-3-10(8)12/h2-4,7,16-17H,5-6H2,1H3. The zero-order chi connectivity index (χ0) is 13.1. The first-order chi connectivity index (χ1) is 7.84. The smallest absolute Gasteiger partial charge is 0.395 e. The third-order valence-corrected chi connectivity index (χ3v) is 2.66. The van der Waals surface area contributed by atoms with Crippen LogP contribution < -0.4 is 5.32 Å². The van der Waals surface area contributed by atoms with E-state index in [-0.39, 0.29) is 24.2 Å². The maximum Gasteiger partial charge on any atom is 0.416 e. The van der Waals surface area contributed by atoms with Crippen molar-refractivity contribution >= 4 is 11.6 Å². The van der Waals surface area contributed by atoms with Gasteiger partial charge in [0.25, 0.3) is 0 Å². The molecule has 96 valence electrons. The molecule has 0 saturated carbocycles. The van der Waals surface area contributed by atoms with Gasteiger partial charge in [-0.1, -0.05) is 11.6 Å². The number of benzene rings is 1. The number of aliphatic hydroxyl groups is 1. The van der Waals surface area contributed by atoms with Crippen LogP contribution in [0.1, 0.15) is 18.1 Å². The average Bonchev–Trinajstić information content (AvgIpc) is 2.26. The van der Waals surface area contributed by atoms with Gasteiger partial charge in [0.05, 0.1) is 12.2 Å². The van der Waals surface area contributed by atoms with E-state index in [1.54, 1.807) is 6.92 Å². The fourth-order valence-electron chi connectivity index (χ4n) is 1.24. The topological polar surface area (TPSA) is 32.3 Å². The molecule has 1 aromatic carbocycles. The third-order valence-electron chi connectivity index (χ3n) is 2.29. The summed E-state index contributed by atoms with van der Waals surface area (Å²) < 4.78 is 37.4. The lowest BCUT2D eigenvalue weighted by molar-refractivity contribution is -0.137. The highest BCUT2D eigenvalue weighted by Crippen LogP contribution is 2.31. The minimum atomic E-state index is -4.37. The lowest BCUT2D eigenvalue weighted by Gasteiger charge is -2.13.